The fourth-order valence-electron chi connectivity index (χ4n) is 2.82. The second-order valence-corrected chi connectivity index (χ2v) is 7.52. The molecule has 2 heterocycles. The van der Waals surface area contributed by atoms with Gasteiger partial charge in [0, 0.05) is 25.3 Å². The highest BCUT2D eigenvalue weighted by atomic mass is 32.2. The van der Waals surface area contributed by atoms with Crippen molar-refractivity contribution in [1.29, 1.82) is 0 Å². The largest absolute Gasteiger partial charge is 0.384 e. The molecule has 0 radical (unpaired) electrons. The Kier molecular flexibility index (Phi) is 3.27. The molecular formula is C14H20N2O2S. The fraction of sp³-hybridized carbons (Fsp3) is 0.571. The van der Waals surface area contributed by atoms with E-state index in [2.05, 4.69) is 12.2 Å². The molecule has 1 aromatic rings. The van der Waals surface area contributed by atoms with Crippen LogP contribution < -0.4 is 5.32 Å². The summed E-state index contributed by atoms with van der Waals surface area (Å²) in [5, 5.41) is 3.26. The Balaban J connectivity index is 1.88. The molecule has 104 valence electrons. The van der Waals surface area contributed by atoms with Gasteiger partial charge in [0.05, 0.1) is 4.90 Å². The van der Waals surface area contributed by atoms with Gasteiger partial charge in [0.25, 0.3) is 0 Å². The molecule has 1 fully saturated rings. The fourth-order valence-corrected chi connectivity index (χ4v) is 4.34. The predicted molar refractivity (Wildman–Crippen MR) is 75.8 cm³/mol. The third kappa shape index (κ3) is 2.37. The van der Waals surface area contributed by atoms with Crippen molar-refractivity contribution in [3.8, 4) is 0 Å². The van der Waals surface area contributed by atoms with Crippen LogP contribution in [0, 0.1) is 5.92 Å². The molecule has 2 aliphatic rings. The van der Waals surface area contributed by atoms with Crippen molar-refractivity contribution in [3.05, 3.63) is 23.8 Å². The van der Waals surface area contributed by atoms with Crippen LogP contribution in [0.4, 0.5) is 5.69 Å². The van der Waals surface area contributed by atoms with Gasteiger partial charge >= 0.3 is 0 Å². The summed E-state index contributed by atoms with van der Waals surface area (Å²) in [5.41, 5.74) is 2.19. The molecule has 1 saturated heterocycles. The third-order valence-electron chi connectivity index (χ3n) is 4.17. The topological polar surface area (TPSA) is 49.4 Å². The molecule has 0 unspecified atom stereocenters. The number of rotatable bonds is 2. The van der Waals surface area contributed by atoms with Gasteiger partial charge in [0.1, 0.15) is 0 Å². The summed E-state index contributed by atoms with van der Waals surface area (Å²) in [7, 11) is -3.30. The van der Waals surface area contributed by atoms with Crippen molar-refractivity contribution >= 4 is 15.7 Å². The summed E-state index contributed by atoms with van der Waals surface area (Å²) in [6.07, 6.45) is 2.84. The van der Waals surface area contributed by atoms with Gasteiger partial charge in [-0.15, -0.1) is 0 Å². The smallest absolute Gasteiger partial charge is 0.243 e. The Morgan fingerprint density at radius 3 is 2.74 bits per heavy atom. The number of nitrogens with one attached hydrogen (secondary N) is 1. The summed E-state index contributed by atoms with van der Waals surface area (Å²) < 4.78 is 26.8. The van der Waals surface area contributed by atoms with Gasteiger partial charge in [-0.2, -0.15) is 4.31 Å². The van der Waals surface area contributed by atoms with Crippen LogP contribution in [0.2, 0.25) is 0 Å². The van der Waals surface area contributed by atoms with Crippen LogP contribution in [0.5, 0.6) is 0 Å². The van der Waals surface area contributed by atoms with E-state index in [-0.39, 0.29) is 0 Å². The molecule has 19 heavy (non-hydrogen) atoms. The van der Waals surface area contributed by atoms with Crippen LogP contribution >= 0.6 is 0 Å². The molecule has 1 N–H and O–H groups in total. The molecule has 0 spiro atoms. The Labute approximate surface area is 114 Å². The monoisotopic (exact) mass is 280 g/mol. The SMILES string of the molecule is CC1CCN(S(=O)(=O)c2ccc3c(c2)CCN3)CC1. The molecule has 0 aromatic heterocycles. The van der Waals surface area contributed by atoms with E-state index in [1.54, 1.807) is 10.4 Å². The van der Waals surface area contributed by atoms with E-state index in [4.69, 9.17) is 0 Å². The van der Waals surface area contributed by atoms with Crippen molar-refractivity contribution in [2.24, 2.45) is 5.92 Å². The molecule has 0 aliphatic carbocycles. The van der Waals surface area contributed by atoms with Gasteiger partial charge in [-0.05, 0) is 48.9 Å². The molecular weight excluding hydrogens is 260 g/mol. The van der Waals surface area contributed by atoms with Gasteiger partial charge in [-0.25, -0.2) is 8.42 Å². The lowest BCUT2D eigenvalue weighted by molar-refractivity contribution is 0.288. The van der Waals surface area contributed by atoms with E-state index in [0.717, 1.165) is 37.1 Å². The van der Waals surface area contributed by atoms with Crippen molar-refractivity contribution in [2.45, 2.75) is 31.1 Å². The summed E-state index contributed by atoms with van der Waals surface area (Å²) in [6, 6.07) is 5.45. The summed E-state index contributed by atoms with van der Waals surface area (Å²) in [5.74, 6) is 0.635. The zero-order valence-electron chi connectivity index (χ0n) is 11.2. The van der Waals surface area contributed by atoms with Gasteiger partial charge < -0.3 is 5.32 Å². The molecule has 4 nitrogen and oxygen atoms in total. The van der Waals surface area contributed by atoms with Crippen molar-refractivity contribution in [1.82, 2.24) is 4.31 Å². The first-order valence-electron chi connectivity index (χ1n) is 6.94. The van der Waals surface area contributed by atoms with Crippen LogP contribution in [0.3, 0.4) is 0 Å². The Morgan fingerprint density at radius 2 is 2.00 bits per heavy atom. The van der Waals surface area contributed by atoms with Crippen molar-refractivity contribution < 1.29 is 8.42 Å². The second-order valence-electron chi connectivity index (χ2n) is 5.58. The van der Waals surface area contributed by atoms with Crippen LogP contribution in [-0.4, -0.2) is 32.4 Å². The zero-order valence-corrected chi connectivity index (χ0v) is 12.0. The zero-order chi connectivity index (χ0) is 13.5. The molecule has 0 atom stereocenters. The van der Waals surface area contributed by atoms with Crippen LogP contribution in [0.25, 0.3) is 0 Å². The number of fused-ring (bicyclic) bond motifs is 1. The molecule has 0 bridgehead atoms. The van der Waals surface area contributed by atoms with E-state index in [0.29, 0.717) is 23.9 Å². The number of piperidine rings is 1. The highest BCUT2D eigenvalue weighted by Crippen LogP contribution is 2.28. The average molecular weight is 280 g/mol. The maximum Gasteiger partial charge on any atom is 0.243 e. The lowest BCUT2D eigenvalue weighted by Gasteiger charge is -2.29. The molecule has 0 amide bonds. The number of anilines is 1. The van der Waals surface area contributed by atoms with E-state index in [1.165, 1.54) is 0 Å². The van der Waals surface area contributed by atoms with E-state index >= 15 is 0 Å². The standard InChI is InChI=1S/C14H20N2O2S/c1-11-5-8-16(9-6-11)19(17,18)13-2-3-14-12(10-13)4-7-15-14/h2-3,10-11,15H,4-9H2,1H3. The molecule has 0 saturated carbocycles. The highest BCUT2D eigenvalue weighted by molar-refractivity contribution is 7.89. The van der Waals surface area contributed by atoms with Crippen LogP contribution in [-0.2, 0) is 16.4 Å². The number of benzene rings is 1. The maximum absolute atomic E-state index is 12.6. The number of hydrogen-bond donors (Lipinski definition) is 1. The lowest BCUT2D eigenvalue weighted by atomic mass is 10.0. The Morgan fingerprint density at radius 1 is 1.26 bits per heavy atom. The average Bonchev–Trinajstić information content (AvgIpc) is 2.86. The highest BCUT2D eigenvalue weighted by Gasteiger charge is 2.28. The summed E-state index contributed by atoms with van der Waals surface area (Å²) in [4.78, 5) is 0.449. The second kappa shape index (κ2) is 4.80. The minimum absolute atomic E-state index is 0.449. The van der Waals surface area contributed by atoms with Gasteiger partial charge in [0.15, 0.2) is 0 Å². The first kappa shape index (κ1) is 12.9. The normalized spacial score (nSPS) is 21.1. The lowest BCUT2D eigenvalue weighted by Crippen LogP contribution is -2.37. The van der Waals surface area contributed by atoms with Crippen LogP contribution in [0.15, 0.2) is 23.1 Å². The van der Waals surface area contributed by atoms with Gasteiger partial charge in [-0.3, -0.25) is 0 Å². The maximum atomic E-state index is 12.6. The van der Waals surface area contributed by atoms with E-state index in [9.17, 15) is 8.42 Å². The van der Waals surface area contributed by atoms with E-state index < -0.39 is 10.0 Å². The summed E-state index contributed by atoms with van der Waals surface area (Å²) in [6.45, 7) is 4.39. The Bertz CT molecular complexity index is 575. The minimum Gasteiger partial charge on any atom is -0.384 e. The van der Waals surface area contributed by atoms with Crippen molar-refractivity contribution in [2.75, 3.05) is 25.0 Å². The summed E-state index contributed by atoms with van der Waals surface area (Å²) >= 11 is 0. The third-order valence-corrected chi connectivity index (χ3v) is 6.06. The Hall–Kier alpha value is -1.07. The quantitative estimate of drug-likeness (QED) is 0.902. The number of nitrogens with zero attached hydrogens (tertiary/aromatic N) is 1. The van der Waals surface area contributed by atoms with E-state index in [1.807, 2.05) is 12.1 Å². The first-order chi connectivity index (χ1) is 9.07. The van der Waals surface area contributed by atoms with Gasteiger partial charge in [-0.1, -0.05) is 6.92 Å². The van der Waals surface area contributed by atoms with Crippen LogP contribution in [0.1, 0.15) is 25.3 Å². The van der Waals surface area contributed by atoms with Gasteiger partial charge in [0.2, 0.25) is 10.0 Å². The van der Waals surface area contributed by atoms with Crippen molar-refractivity contribution in [3.63, 3.8) is 0 Å². The molecule has 2 aliphatic heterocycles. The number of sulfonamides is 1. The molecule has 1 aromatic carbocycles. The predicted octanol–water partition coefficient (Wildman–Crippen LogP) is 2.08. The molecule has 5 heteroatoms. The minimum atomic E-state index is -3.30. The number of hydrogen-bond acceptors (Lipinski definition) is 3. The molecule has 3 rings (SSSR count). The first-order valence-corrected chi connectivity index (χ1v) is 8.38.